The van der Waals surface area contributed by atoms with Crippen molar-refractivity contribution in [1.29, 1.82) is 0 Å². The summed E-state index contributed by atoms with van der Waals surface area (Å²) in [6, 6.07) is 0.316. The number of hydrogen-bond donors (Lipinski definition) is 1. The van der Waals surface area contributed by atoms with Gasteiger partial charge in [0.1, 0.15) is 5.69 Å². The van der Waals surface area contributed by atoms with Crippen LogP contribution in [0.5, 0.6) is 5.75 Å². The van der Waals surface area contributed by atoms with Crippen LogP contribution < -0.4 is 0 Å². The molecule has 0 aliphatic heterocycles. The number of aromatic nitrogens is 2. The summed E-state index contributed by atoms with van der Waals surface area (Å²) in [6.07, 6.45) is 0.784. The van der Waals surface area contributed by atoms with Crippen LogP contribution in [0.15, 0.2) is 0 Å². The van der Waals surface area contributed by atoms with E-state index in [4.69, 9.17) is 0 Å². The van der Waals surface area contributed by atoms with Gasteiger partial charge in [0.2, 0.25) is 0 Å². The van der Waals surface area contributed by atoms with E-state index >= 15 is 0 Å². The second-order valence-electron chi connectivity index (χ2n) is 3.27. The molecular weight excluding hydrogens is 152 g/mol. The van der Waals surface area contributed by atoms with Crippen molar-refractivity contribution in [2.24, 2.45) is 0 Å². The van der Waals surface area contributed by atoms with Gasteiger partial charge in [-0.25, -0.2) is 0 Å². The Morgan fingerprint density at radius 3 is 2.33 bits per heavy atom. The van der Waals surface area contributed by atoms with Crippen LogP contribution in [0.2, 0.25) is 0 Å². The van der Waals surface area contributed by atoms with Gasteiger partial charge in [0.15, 0.2) is 5.75 Å². The van der Waals surface area contributed by atoms with Crippen LogP contribution >= 0.6 is 0 Å². The Hall–Kier alpha value is -0.990. The minimum Gasteiger partial charge on any atom is -0.504 e. The summed E-state index contributed by atoms with van der Waals surface area (Å²) in [5.41, 5.74) is 1.66. The van der Waals surface area contributed by atoms with E-state index in [0.29, 0.717) is 11.8 Å². The molecule has 1 aromatic heterocycles. The Bertz CT molecular complexity index is 276. The van der Waals surface area contributed by atoms with E-state index in [1.165, 1.54) is 0 Å². The number of hydrogen-bond acceptors (Lipinski definition) is 2. The average molecular weight is 168 g/mol. The van der Waals surface area contributed by atoms with Crippen LogP contribution in [0.3, 0.4) is 0 Å². The van der Waals surface area contributed by atoms with E-state index in [2.05, 4.69) is 18.9 Å². The highest BCUT2D eigenvalue weighted by molar-refractivity contribution is 5.31. The Balaban J connectivity index is 3.16. The molecule has 0 saturated heterocycles. The van der Waals surface area contributed by atoms with E-state index in [1.54, 1.807) is 0 Å². The minimum atomic E-state index is 0.316. The number of aromatic hydroxyl groups is 1. The van der Waals surface area contributed by atoms with Crippen molar-refractivity contribution in [2.75, 3.05) is 0 Å². The Labute approximate surface area is 73.0 Å². The van der Waals surface area contributed by atoms with Gasteiger partial charge in [-0.2, -0.15) is 5.10 Å². The average Bonchev–Trinajstić information content (AvgIpc) is 2.30. The van der Waals surface area contributed by atoms with Gasteiger partial charge in [-0.15, -0.1) is 0 Å². The minimum absolute atomic E-state index is 0.316. The third kappa shape index (κ3) is 1.31. The maximum absolute atomic E-state index is 9.58. The zero-order chi connectivity index (χ0) is 9.30. The molecule has 12 heavy (non-hydrogen) atoms. The van der Waals surface area contributed by atoms with E-state index in [9.17, 15) is 5.11 Å². The first-order valence-corrected chi connectivity index (χ1v) is 4.34. The second-order valence-corrected chi connectivity index (χ2v) is 3.27. The van der Waals surface area contributed by atoms with Crippen molar-refractivity contribution in [3.63, 3.8) is 0 Å². The molecule has 1 rings (SSSR count). The van der Waals surface area contributed by atoms with E-state index in [-0.39, 0.29) is 0 Å². The normalized spacial score (nSPS) is 11.1. The van der Waals surface area contributed by atoms with Crippen molar-refractivity contribution >= 4 is 0 Å². The van der Waals surface area contributed by atoms with Gasteiger partial charge in [0.05, 0.1) is 5.69 Å². The molecular formula is C9H16N2O. The first-order valence-electron chi connectivity index (χ1n) is 4.34. The fraction of sp³-hybridized carbons (Fsp3) is 0.667. The highest BCUT2D eigenvalue weighted by Crippen LogP contribution is 2.23. The van der Waals surface area contributed by atoms with Crippen LogP contribution in [-0.2, 0) is 6.42 Å². The summed E-state index contributed by atoms with van der Waals surface area (Å²) in [6.45, 7) is 7.99. The van der Waals surface area contributed by atoms with Gasteiger partial charge in [0, 0.05) is 6.04 Å². The SMILES string of the molecule is CCc1nn(C(C)C)c(C)c1O. The molecule has 0 atom stereocenters. The van der Waals surface area contributed by atoms with Gasteiger partial charge < -0.3 is 5.11 Å². The van der Waals surface area contributed by atoms with Gasteiger partial charge >= 0.3 is 0 Å². The topological polar surface area (TPSA) is 38.0 Å². The first-order chi connectivity index (χ1) is 5.57. The monoisotopic (exact) mass is 168 g/mol. The molecule has 0 aliphatic rings. The molecule has 1 aromatic rings. The fourth-order valence-electron chi connectivity index (χ4n) is 1.31. The predicted octanol–water partition coefficient (Wildman–Crippen LogP) is 2.04. The molecule has 0 aliphatic carbocycles. The number of aryl methyl sites for hydroxylation is 1. The lowest BCUT2D eigenvalue weighted by molar-refractivity contribution is 0.458. The molecule has 0 aromatic carbocycles. The maximum Gasteiger partial charge on any atom is 0.159 e. The molecule has 3 nitrogen and oxygen atoms in total. The third-order valence-electron chi connectivity index (χ3n) is 2.01. The standard InChI is InChI=1S/C9H16N2O/c1-5-8-9(12)7(4)11(10-8)6(2)3/h6,12H,5H2,1-4H3. The van der Waals surface area contributed by atoms with Crippen LogP contribution in [0.1, 0.15) is 38.2 Å². The largest absolute Gasteiger partial charge is 0.504 e. The van der Waals surface area contributed by atoms with E-state index in [0.717, 1.165) is 17.8 Å². The van der Waals surface area contributed by atoms with Gasteiger partial charge in [-0.3, -0.25) is 4.68 Å². The Morgan fingerprint density at radius 1 is 1.50 bits per heavy atom. The lowest BCUT2D eigenvalue weighted by Gasteiger charge is -2.06. The van der Waals surface area contributed by atoms with Crippen LogP contribution in [-0.4, -0.2) is 14.9 Å². The van der Waals surface area contributed by atoms with Gasteiger partial charge in [-0.05, 0) is 27.2 Å². The molecule has 3 heteroatoms. The van der Waals surface area contributed by atoms with Crippen molar-refractivity contribution in [1.82, 2.24) is 9.78 Å². The van der Waals surface area contributed by atoms with E-state index in [1.807, 2.05) is 18.5 Å². The molecule has 68 valence electrons. The molecule has 0 fully saturated rings. The van der Waals surface area contributed by atoms with Crippen LogP contribution in [0.4, 0.5) is 0 Å². The van der Waals surface area contributed by atoms with Gasteiger partial charge in [-0.1, -0.05) is 6.92 Å². The van der Waals surface area contributed by atoms with Crippen molar-refractivity contribution in [3.8, 4) is 5.75 Å². The lowest BCUT2D eigenvalue weighted by Crippen LogP contribution is -2.04. The number of rotatable bonds is 2. The van der Waals surface area contributed by atoms with Crippen molar-refractivity contribution < 1.29 is 5.11 Å². The zero-order valence-corrected chi connectivity index (χ0v) is 8.13. The highest BCUT2D eigenvalue weighted by Gasteiger charge is 2.13. The van der Waals surface area contributed by atoms with Crippen molar-refractivity contribution in [2.45, 2.75) is 40.2 Å². The summed E-state index contributed by atoms with van der Waals surface area (Å²) in [5, 5.41) is 13.9. The predicted molar refractivity (Wildman–Crippen MR) is 48.4 cm³/mol. The van der Waals surface area contributed by atoms with Crippen molar-refractivity contribution in [3.05, 3.63) is 11.4 Å². The maximum atomic E-state index is 9.58. The summed E-state index contributed by atoms with van der Waals surface area (Å²) in [4.78, 5) is 0. The van der Waals surface area contributed by atoms with Crippen LogP contribution in [0.25, 0.3) is 0 Å². The summed E-state index contributed by atoms with van der Waals surface area (Å²) in [5.74, 6) is 0.353. The molecule has 1 heterocycles. The molecule has 0 saturated carbocycles. The molecule has 0 spiro atoms. The Kier molecular flexibility index (Phi) is 2.40. The van der Waals surface area contributed by atoms with Gasteiger partial charge in [0.25, 0.3) is 0 Å². The summed E-state index contributed by atoms with van der Waals surface area (Å²) < 4.78 is 1.86. The molecule has 0 unspecified atom stereocenters. The first kappa shape index (κ1) is 9.10. The Morgan fingerprint density at radius 2 is 2.08 bits per heavy atom. The summed E-state index contributed by atoms with van der Waals surface area (Å²) in [7, 11) is 0. The zero-order valence-electron chi connectivity index (χ0n) is 8.13. The van der Waals surface area contributed by atoms with Crippen LogP contribution in [0, 0.1) is 6.92 Å². The quantitative estimate of drug-likeness (QED) is 0.733. The highest BCUT2D eigenvalue weighted by atomic mass is 16.3. The molecule has 0 amide bonds. The molecule has 0 bridgehead atoms. The molecule has 1 N–H and O–H groups in total. The van der Waals surface area contributed by atoms with E-state index < -0.39 is 0 Å². The smallest absolute Gasteiger partial charge is 0.159 e. The summed E-state index contributed by atoms with van der Waals surface area (Å²) >= 11 is 0. The fourth-order valence-corrected chi connectivity index (χ4v) is 1.31. The molecule has 0 radical (unpaired) electrons. The second kappa shape index (κ2) is 3.17. The third-order valence-corrected chi connectivity index (χ3v) is 2.01. The number of nitrogens with zero attached hydrogens (tertiary/aromatic N) is 2. The lowest BCUT2D eigenvalue weighted by atomic mass is 10.3.